The van der Waals surface area contributed by atoms with Gasteiger partial charge < -0.3 is 4.74 Å². The van der Waals surface area contributed by atoms with Crippen molar-refractivity contribution in [2.75, 3.05) is 12.3 Å². The summed E-state index contributed by atoms with van der Waals surface area (Å²) >= 11 is 1.39. The van der Waals surface area contributed by atoms with Crippen LogP contribution in [0.4, 0.5) is 4.79 Å². The van der Waals surface area contributed by atoms with Gasteiger partial charge in [0.2, 0.25) is 0 Å². The van der Waals surface area contributed by atoms with Crippen molar-refractivity contribution < 1.29 is 19.2 Å². The molecule has 1 fully saturated rings. The Labute approximate surface area is 140 Å². The van der Waals surface area contributed by atoms with Gasteiger partial charge in [-0.25, -0.2) is 10.3 Å². The molecule has 2 amide bonds. The Kier molecular flexibility index (Phi) is 5.90. The summed E-state index contributed by atoms with van der Waals surface area (Å²) in [6.45, 7) is 6.15. The van der Waals surface area contributed by atoms with Crippen molar-refractivity contribution in [3.05, 3.63) is 35.9 Å². The third-order valence-corrected chi connectivity index (χ3v) is 4.20. The number of hydrogen-bond acceptors (Lipinski definition) is 5. The van der Waals surface area contributed by atoms with Gasteiger partial charge in [0.05, 0.1) is 6.61 Å². The molecule has 0 radical (unpaired) electrons. The molecule has 1 saturated heterocycles. The van der Waals surface area contributed by atoms with Crippen LogP contribution in [0.1, 0.15) is 26.3 Å². The lowest BCUT2D eigenvalue weighted by Gasteiger charge is -2.27. The van der Waals surface area contributed by atoms with Crippen LogP contribution in [0.25, 0.3) is 0 Å². The zero-order valence-corrected chi connectivity index (χ0v) is 14.4. The van der Waals surface area contributed by atoms with Gasteiger partial charge in [0.15, 0.2) is 5.37 Å². The highest BCUT2D eigenvalue weighted by atomic mass is 32.2. The smallest absolute Gasteiger partial charge is 0.411 e. The van der Waals surface area contributed by atoms with Crippen molar-refractivity contribution >= 4 is 23.8 Å². The Hall–Kier alpha value is -1.73. The summed E-state index contributed by atoms with van der Waals surface area (Å²) < 4.78 is 5.33. The van der Waals surface area contributed by atoms with Crippen LogP contribution in [0.15, 0.2) is 30.3 Å². The van der Waals surface area contributed by atoms with Crippen LogP contribution >= 0.6 is 11.8 Å². The summed E-state index contributed by atoms with van der Waals surface area (Å²) in [6.07, 6.45) is -0.481. The maximum absolute atomic E-state index is 12.2. The molecule has 0 aliphatic carbocycles. The van der Waals surface area contributed by atoms with E-state index in [4.69, 9.17) is 9.57 Å². The van der Waals surface area contributed by atoms with Gasteiger partial charge in [-0.15, -0.1) is 11.8 Å². The van der Waals surface area contributed by atoms with Crippen LogP contribution in [0.5, 0.6) is 0 Å². The Morgan fingerprint density at radius 2 is 2.00 bits per heavy atom. The van der Waals surface area contributed by atoms with E-state index in [1.807, 2.05) is 30.3 Å². The topological polar surface area (TPSA) is 67.9 Å². The number of thioether (sulfide) groups is 1. The van der Waals surface area contributed by atoms with E-state index in [0.717, 1.165) is 5.56 Å². The molecule has 7 heteroatoms. The van der Waals surface area contributed by atoms with Crippen molar-refractivity contribution in [1.29, 1.82) is 0 Å². The fourth-order valence-corrected chi connectivity index (χ4v) is 3.11. The van der Waals surface area contributed by atoms with Gasteiger partial charge in [0, 0.05) is 12.3 Å². The average Bonchev–Trinajstić information content (AvgIpc) is 2.96. The minimum atomic E-state index is -0.624. The second kappa shape index (κ2) is 7.70. The number of hydrogen-bond donors (Lipinski definition) is 1. The zero-order chi connectivity index (χ0) is 16.9. The first kappa shape index (κ1) is 17.6. The summed E-state index contributed by atoms with van der Waals surface area (Å²) in [5.74, 6) is 0.338. The van der Waals surface area contributed by atoms with Crippen molar-refractivity contribution in [3.63, 3.8) is 0 Å². The number of carbonyl (C=O) groups excluding carboxylic acids is 2. The lowest BCUT2D eigenvalue weighted by atomic mass is 10.2. The van der Waals surface area contributed by atoms with E-state index in [9.17, 15) is 9.59 Å². The Balaban J connectivity index is 1.84. The predicted octanol–water partition coefficient (Wildman–Crippen LogP) is 2.54. The first-order chi connectivity index (χ1) is 10.9. The van der Waals surface area contributed by atoms with Gasteiger partial charge in [-0.1, -0.05) is 30.3 Å². The first-order valence-corrected chi connectivity index (χ1v) is 8.48. The minimum absolute atomic E-state index is 0.274. The normalized spacial score (nSPS) is 17.9. The largest absolute Gasteiger partial charge is 0.444 e. The number of rotatable bonds is 4. The van der Waals surface area contributed by atoms with Crippen LogP contribution in [0.2, 0.25) is 0 Å². The summed E-state index contributed by atoms with van der Waals surface area (Å²) in [4.78, 5) is 31.0. The summed E-state index contributed by atoms with van der Waals surface area (Å²) in [7, 11) is 0. The van der Waals surface area contributed by atoms with Crippen molar-refractivity contribution in [2.45, 2.75) is 38.4 Å². The maximum atomic E-state index is 12.2. The number of carbonyl (C=O) groups is 2. The van der Waals surface area contributed by atoms with Crippen LogP contribution < -0.4 is 5.48 Å². The molecule has 0 aromatic heterocycles. The van der Waals surface area contributed by atoms with Gasteiger partial charge in [-0.3, -0.25) is 14.5 Å². The summed E-state index contributed by atoms with van der Waals surface area (Å²) in [5.41, 5.74) is 2.78. The first-order valence-electron chi connectivity index (χ1n) is 7.43. The van der Waals surface area contributed by atoms with Gasteiger partial charge in [-0.2, -0.15) is 0 Å². The van der Waals surface area contributed by atoms with Crippen LogP contribution in [0, 0.1) is 0 Å². The molecule has 6 nitrogen and oxygen atoms in total. The fraction of sp³-hybridized carbons (Fsp3) is 0.500. The molecule has 1 aliphatic rings. The van der Waals surface area contributed by atoms with Gasteiger partial charge in [0.25, 0.3) is 5.91 Å². The minimum Gasteiger partial charge on any atom is -0.444 e. The van der Waals surface area contributed by atoms with E-state index in [2.05, 4.69) is 5.48 Å². The van der Waals surface area contributed by atoms with Gasteiger partial charge in [0.1, 0.15) is 5.60 Å². The monoisotopic (exact) mass is 338 g/mol. The van der Waals surface area contributed by atoms with Gasteiger partial charge >= 0.3 is 6.09 Å². The van der Waals surface area contributed by atoms with E-state index in [0.29, 0.717) is 12.3 Å². The third-order valence-electron chi connectivity index (χ3n) is 3.00. The Morgan fingerprint density at radius 3 is 2.65 bits per heavy atom. The molecule has 126 valence electrons. The molecule has 1 heterocycles. The van der Waals surface area contributed by atoms with Crippen molar-refractivity contribution in [1.82, 2.24) is 10.4 Å². The van der Waals surface area contributed by atoms with Gasteiger partial charge in [-0.05, 0) is 26.3 Å². The van der Waals surface area contributed by atoms with E-state index in [-0.39, 0.29) is 12.5 Å². The average molecular weight is 338 g/mol. The number of benzene rings is 1. The molecule has 0 saturated carbocycles. The summed E-state index contributed by atoms with van der Waals surface area (Å²) in [6, 6.07) is 9.53. The van der Waals surface area contributed by atoms with E-state index in [1.165, 1.54) is 16.7 Å². The molecule has 2 rings (SSSR count). The van der Waals surface area contributed by atoms with Crippen molar-refractivity contribution in [2.24, 2.45) is 0 Å². The van der Waals surface area contributed by atoms with E-state index in [1.54, 1.807) is 20.8 Å². The molecule has 0 unspecified atom stereocenters. The Morgan fingerprint density at radius 1 is 1.30 bits per heavy atom. The van der Waals surface area contributed by atoms with Crippen molar-refractivity contribution in [3.8, 4) is 0 Å². The number of nitrogens with one attached hydrogen (secondary N) is 1. The standard InChI is InChI=1S/C16H22N2O4S/c1-16(2,3)22-15(20)18-9-10-23-14(18)13(19)17-21-11-12-7-5-4-6-8-12/h4-8,14H,9-11H2,1-3H3,(H,17,19)/t14-/m0/s1. The summed E-state index contributed by atoms with van der Waals surface area (Å²) in [5, 5.41) is -0.624. The molecule has 1 atom stereocenters. The molecular formula is C16H22N2O4S. The molecule has 1 N–H and O–H groups in total. The quantitative estimate of drug-likeness (QED) is 0.855. The van der Waals surface area contributed by atoms with Crippen LogP contribution in [0.3, 0.4) is 0 Å². The van der Waals surface area contributed by atoms with Crippen LogP contribution in [-0.4, -0.2) is 40.2 Å². The predicted molar refractivity (Wildman–Crippen MR) is 88.6 cm³/mol. The number of amides is 2. The third kappa shape index (κ3) is 5.44. The van der Waals surface area contributed by atoms with E-state index < -0.39 is 17.1 Å². The lowest BCUT2D eigenvalue weighted by molar-refractivity contribution is -0.136. The molecule has 0 spiro atoms. The highest BCUT2D eigenvalue weighted by molar-refractivity contribution is 8.00. The number of ether oxygens (including phenoxy) is 1. The molecule has 23 heavy (non-hydrogen) atoms. The maximum Gasteiger partial charge on any atom is 0.411 e. The molecular weight excluding hydrogens is 316 g/mol. The second-order valence-corrected chi connectivity index (χ2v) is 7.33. The Bertz CT molecular complexity index is 545. The lowest BCUT2D eigenvalue weighted by Crippen LogP contribution is -2.46. The fourth-order valence-electron chi connectivity index (χ4n) is 2.01. The highest BCUT2D eigenvalue weighted by Gasteiger charge is 2.37. The molecule has 1 aliphatic heterocycles. The highest BCUT2D eigenvalue weighted by Crippen LogP contribution is 2.26. The molecule has 0 bridgehead atoms. The number of nitrogens with zero attached hydrogens (tertiary/aromatic N) is 1. The molecule has 1 aromatic carbocycles. The number of hydroxylamine groups is 1. The van der Waals surface area contributed by atoms with Crippen LogP contribution in [-0.2, 0) is 21.0 Å². The second-order valence-electron chi connectivity index (χ2n) is 6.14. The molecule has 1 aromatic rings. The SMILES string of the molecule is CC(C)(C)OC(=O)N1CCS[C@H]1C(=O)NOCc1ccccc1. The van der Waals surface area contributed by atoms with E-state index >= 15 is 0 Å². The zero-order valence-electron chi connectivity index (χ0n) is 13.6.